The molecule has 0 saturated heterocycles. The Hall–Kier alpha value is -4.14. The molecule has 0 bridgehead atoms. The van der Waals surface area contributed by atoms with E-state index >= 15 is 0 Å². The van der Waals surface area contributed by atoms with Crippen LogP contribution in [0.25, 0.3) is 11.0 Å². The lowest BCUT2D eigenvalue weighted by Crippen LogP contribution is -2.50. The number of carbonyl (C=O) groups excluding carboxylic acids is 2. The molecule has 0 radical (unpaired) electrons. The number of rotatable bonds is 9. The molecule has 2 amide bonds. The third-order valence-corrected chi connectivity index (χ3v) is 6.25. The van der Waals surface area contributed by atoms with Gasteiger partial charge in [-0.15, -0.1) is 5.10 Å². The van der Waals surface area contributed by atoms with Crippen LogP contribution in [0.4, 0.5) is 4.39 Å². The predicted octanol–water partition coefficient (Wildman–Crippen LogP) is 4.04. The Bertz CT molecular complexity index is 1350. The van der Waals surface area contributed by atoms with Crippen LogP contribution < -0.4 is 5.32 Å². The first-order valence-electron chi connectivity index (χ1n) is 11.8. The minimum atomic E-state index is -1.01. The fourth-order valence-corrected chi connectivity index (χ4v) is 3.90. The molecule has 186 valence electrons. The van der Waals surface area contributed by atoms with Gasteiger partial charge in [-0.25, -0.2) is 9.07 Å². The van der Waals surface area contributed by atoms with Crippen LogP contribution in [0, 0.1) is 5.82 Å². The number of para-hydroxylation sites is 1. The van der Waals surface area contributed by atoms with Crippen molar-refractivity contribution < 1.29 is 14.0 Å². The molecule has 8 nitrogen and oxygen atoms in total. The second-order valence-corrected chi connectivity index (χ2v) is 9.26. The van der Waals surface area contributed by atoms with Gasteiger partial charge in [-0.2, -0.15) is 0 Å². The van der Waals surface area contributed by atoms with E-state index in [-0.39, 0.29) is 19.0 Å². The van der Waals surface area contributed by atoms with Gasteiger partial charge in [-0.05, 0) is 56.2 Å². The van der Waals surface area contributed by atoms with Gasteiger partial charge in [0.25, 0.3) is 0 Å². The molecular formula is C27H29FN6O2. The number of nitrogens with zero attached hydrogens (tertiary/aromatic N) is 5. The van der Waals surface area contributed by atoms with Crippen LogP contribution in [0.1, 0.15) is 44.4 Å². The summed E-state index contributed by atoms with van der Waals surface area (Å²) in [5, 5.41) is 11.3. The normalized spacial score (nSPS) is 12.3. The van der Waals surface area contributed by atoms with Crippen molar-refractivity contribution in [1.29, 1.82) is 0 Å². The molecule has 0 aliphatic heterocycles. The quantitative estimate of drug-likeness (QED) is 0.384. The summed E-state index contributed by atoms with van der Waals surface area (Å²) in [6, 6.07) is 15.9. The largest absolute Gasteiger partial charge is 0.349 e. The van der Waals surface area contributed by atoms with Crippen molar-refractivity contribution in [2.45, 2.75) is 51.9 Å². The molecule has 1 N–H and O–H groups in total. The van der Waals surface area contributed by atoms with Gasteiger partial charge in [0, 0.05) is 30.0 Å². The van der Waals surface area contributed by atoms with Crippen LogP contribution in [0.15, 0.2) is 73.1 Å². The van der Waals surface area contributed by atoms with Gasteiger partial charge in [0.2, 0.25) is 11.8 Å². The number of hydrogen-bond donors (Lipinski definition) is 1. The van der Waals surface area contributed by atoms with E-state index in [4.69, 9.17) is 0 Å². The highest BCUT2D eigenvalue weighted by molar-refractivity contribution is 5.89. The number of carbonyl (C=O) groups is 2. The molecule has 4 rings (SSSR count). The Morgan fingerprint density at radius 3 is 2.47 bits per heavy atom. The minimum absolute atomic E-state index is 0.106. The number of aromatic nitrogens is 4. The van der Waals surface area contributed by atoms with Gasteiger partial charge >= 0.3 is 0 Å². The van der Waals surface area contributed by atoms with E-state index in [0.717, 1.165) is 0 Å². The standard InChI is InChI=1S/C27H29FN6O2/c1-4-27(2,3)30-26(36)25(19-13-15-29-16-14-19)33(17-20-9-5-6-10-21(20)28)24(35)18-34-23-12-8-7-11-22(23)31-32-34/h5-16,25H,4,17-18H2,1-3H3,(H,30,36). The summed E-state index contributed by atoms with van der Waals surface area (Å²) in [4.78, 5) is 33.0. The smallest absolute Gasteiger partial charge is 0.247 e. The van der Waals surface area contributed by atoms with Crippen LogP contribution in [0.3, 0.4) is 0 Å². The molecule has 36 heavy (non-hydrogen) atoms. The van der Waals surface area contributed by atoms with E-state index in [0.29, 0.717) is 28.6 Å². The summed E-state index contributed by atoms with van der Waals surface area (Å²) in [7, 11) is 0. The third kappa shape index (κ3) is 5.56. The molecule has 4 aromatic rings. The first-order valence-corrected chi connectivity index (χ1v) is 11.8. The fourth-order valence-electron chi connectivity index (χ4n) is 3.90. The lowest BCUT2D eigenvalue weighted by molar-refractivity contribution is -0.143. The average molecular weight is 489 g/mol. The zero-order chi connectivity index (χ0) is 25.7. The van der Waals surface area contributed by atoms with Crippen LogP contribution in [0.2, 0.25) is 0 Å². The molecule has 0 fully saturated rings. The van der Waals surface area contributed by atoms with Crippen molar-refractivity contribution in [3.8, 4) is 0 Å². The molecule has 1 unspecified atom stereocenters. The van der Waals surface area contributed by atoms with Gasteiger partial charge in [-0.3, -0.25) is 14.6 Å². The van der Waals surface area contributed by atoms with Crippen molar-refractivity contribution in [2.75, 3.05) is 0 Å². The Balaban J connectivity index is 1.76. The highest BCUT2D eigenvalue weighted by Gasteiger charge is 2.34. The van der Waals surface area contributed by atoms with E-state index in [1.54, 1.807) is 48.8 Å². The predicted molar refractivity (Wildman–Crippen MR) is 134 cm³/mol. The molecule has 2 aromatic carbocycles. The Kier molecular flexibility index (Phi) is 7.38. The third-order valence-electron chi connectivity index (χ3n) is 6.25. The Labute approximate surface area is 209 Å². The first-order chi connectivity index (χ1) is 17.3. The topological polar surface area (TPSA) is 93.0 Å². The maximum Gasteiger partial charge on any atom is 0.247 e. The van der Waals surface area contributed by atoms with Crippen molar-refractivity contribution in [3.63, 3.8) is 0 Å². The molecular weight excluding hydrogens is 459 g/mol. The highest BCUT2D eigenvalue weighted by atomic mass is 19.1. The molecule has 0 saturated carbocycles. The second kappa shape index (κ2) is 10.6. The van der Waals surface area contributed by atoms with Gasteiger partial charge < -0.3 is 10.2 Å². The summed E-state index contributed by atoms with van der Waals surface area (Å²) < 4.78 is 16.2. The summed E-state index contributed by atoms with van der Waals surface area (Å²) in [6.07, 6.45) is 3.82. The monoisotopic (exact) mass is 488 g/mol. The maximum atomic E-state index is 14.7. The van der Waals surface area contributed by atoms with E-state index in [1.165, 1.54) is 15.6 Å². The van der Waals surface area contributed by atoms with Crippen LogP contribution in [-0.2, 0) is 22.7 Å². The van der Waals surface area contributed by atoms with Crippen LogP contribution >= 0.6 is 0 Å². The number of amides is 2. The average Bonchev–Trinajstić information content (AvgIpc) is 3.28. The lowest BCUT2D eigenvalue weighted by atomic mass is 9.98. The number of fused-ring (bicyclic) bond motifs is 1. The molecule has 2 heterocycles. The first kappa shape index (κ1) is 25.0. The number of nitrogens with one attached hydrogen (secondary N) is 1. The Morgan fingerprint density at radius 2 is 1.75 bits per heavy atom. The Morgan fingerprint density at radius 1 is 1.06 bits per heavy atom. The molecule has 1 atom stereocenters. The van der Waals surface area contributed by atoms with Crippen molar-refractivity contribution in [1.82, 2.24) is 30.2 Å². The van der Waals surface area contributed by atoms with E-state index in [1.807, 2.05) is 39.0 Å². The molecule has 0 aliphatic rings. The number of halogens is 1. The van der Waals surface area contributed by atoms with Crippen molar-refractivity contribution in [3.05, 3.63) is 90.0 Å². The van der Waals surface area contributed by atoms with E-state index in [2.05, 4.69) is 20.6 Å². The van der Waals surface area contributed by atoms with Gasteiger partial charge in [-0.1, -0.05) is 42.5 Å². The summed E-state index contributed by atoms with van der Waals surface area (Å²) in [5.41, 5.74) is 1.71. The zero-order valence-corrected chi connectivity index (χ0v) is 20.6. The van der Waals surface area contributed by atoms with Crippen LogP contribution in [-0.4, -0.2) is 42.2 Å². The van der Waals surface area contributed by atoms with E-state index in [9.17, 15) is 14.0 Å². The van der Waals surface area contributed by atoms with Crippen molar-refractivity contribution in [2.24, 2.45) is 0 Å². The SMILES string of the molecule is CCC(C)(C)NC(=O)C(c1ccncc1)N(Cc1ccccc1F)C(=O)Cn1nnc2ccccc21. The lowest BCUT2D eigenvalue weighted by Gasteiger charge is -2.34. The number of pyridine rings is 1. The molecule has 0 spiro atoms. The number of benzene rings is 2. The second-order valence-electron chi connectivity index (χ2n) is 9.26. The number of hydrogen-bond acceptors (Lipinski definition) is 5. The van der Waals surface area contributed by atoms with Gasteiger partial charge in [0.1, 0.15) is 23.9 Å². The van der Waals surface area contributed by atoms with Gasteiger partial charge in [0.05, 0.1) is 5.52 Å². The zero-order valence-electron chi connectivity index (χ0n) is 20.6. The summed E-state index contributed by atoms with van der Waals surface area (Å²) in [6.45, 7) is 5.53. The highest BCUT2D eigenvalue weighted by Crippen LogP contribution is 2.26. The molecule has 0 aliphatic carbocycles. The fraction of sp³-hybridized carbons (Fsp3) is 0.296. The molecule has 2 aromatic heterocycles. The van der Waals surface area contributed by atoms with Crippen molar-refractivity contribution >= 4 is 22.8 Å². The van der Waals surface area contributed by atoms with Gasteiger partial charge in [0.15, 0.2) is 0 Å². The van der Waals surface area contributed by atoms with Crippen LogP contribution in [0.5, 0.6) is 0 Å². The minimum Gasteiger partial charge on any atom is -0.349 e. The van der Waals surface area contributed by atoms with E-state index < -0.39 is 23.3 Å². The summed E-state index contributed by atoms with van der Waals surface area (Å²) >= 11 is 0. The summed E-state index contributed by atoms with van der Waals surface area (Å²) in [5.74, 6) is -1.22. The molecule has 9 heteroatoms. The maximum absolute atomic E-state index is 14.7.